The molecule has 2 heterocycles. The topological polar surface area (TPSA) is 95.7 Å². The Hall–Kier alpha value is -1.76. The molecule has 0 fully saturated rings. The van der Waals surface area contributed by atoms with Gasteiger partial charge in [0, 0.05) is 6.42 Å². The number of hydrogen-bond donors (Lipinski definition) is 1. The van der Waals surface area contributed by atoms with Gasteiger partial charge in [-0.1, -0.05) is 30.6 Å². The van der Waals surface area contributed by atoms with Crippen LogP contribution in [0.1, 0.15) is 56.6 Å². The fraction of sp³-hybridized carbons (Fsp3) is 0.667. The van der Waals surface area contributed by atoms with Crippen LogP contribution in [-0.2, 0) is 13.0 Å². The second-order valence-corrected chi connectivity index (χ2v) is 4.56. The van der Waals surface area contributed by atoms with Gasteiger partial charge in [-0.25, -0.2) is 4.68 Å². The highest BCUT2D eigenvalue weighted by molar-refractivity contribution is 5.00. The maximum absolute atomic E-state index is 5.89. The number of aryl methyl sites for hydroxylation is 1. The Labute approximate surface area is 112 Å². The number of nitrogens with two attached hydrogens (primary N) is 1. The molecular formula is C12H20N6O. The van der Waals surface area contributed by atoms with Gasteiger partial charge in [0.2, 0.25) is 5.89 Å². The summed E-state index contributed by atoms with van der Waals surface area (Å²) < 4.78 is 6.85. The standard InChI is InChI=1S/C12H20N6O/c1-3-5-6-11-14-12(19-16-11)8-18-7-10(15-17-18)9(13)4-2/h7,9H,3-6,8,13H2,1-2H3. The van der Waals surface area contributed by atoms with Crippen molar-refractivity contribution >= 4 is 0 Å². The van der Waals surface area contributed by atoms with Crippen molar-refractivity contribution in [2.75, 3.05) is 0 Å². The van der Waals surface area contributed by atoms with Crippen molar-refractivity contribution in [3.05, 3.63) is 23.6 Å². The van der Waals surface area contributed by atoms with E-state index >= 15 is 0 Å². The Morgan fingerprint density at radius 3 is 3.00 bits per heavy atom. The van der Waals surface area contributed by atoms with Crippen LogP contribution in [0.15, 0.2) is 10.7 Å². The van der Waals surface area contributed by atoms with Gasteiger partial charge in [0.05, 0.1) is 17.9 Å². The normalized spacial score (nSPS) is 12.8. The van der Waals surface area contributed by atoms with Gasteiger partial charge >= 0.3 is 0 Å². The summed E-state index contributed by atoms with van der Waals surface area (Å²) in [5.74, 6) is 1.30. The summed E-state index contributed by atoms with van der Waals surface area (Å²) in [4.78, 5) is 4.32. The van der Waals surface area contributed by atoms with Crippen molar-refractivity contribution < 1.29 is 4.52 Å². The molecule has 0 bridgehead atoms. The minimum Gasteiger partial charge on any atom is -0.337 e. The molecule has 0 aliphatic heterocycles. The molecule has 7 nitrogen and oxygen atoms in total. The average molecular weight is 264 g/mol. The molecule has 1 atom stereocenters. The zero-order valence-corrected chi connectivity index (χ0v) is 11.4. The summed E-state index contributed by atoms with van der Waals surface area (Å²) in [5, 5.41) is 12.0. The van der Waals surface area contributed by atoms with Crippen molar-refractivity contribution in [1.82, 2.24) is 25.1 Å². The number of hydrogen-bond acceptors (Lipinski definition) is 6. The molecule has 0 aromatic carbocycles. The third-order valence-electron chi connectivity index (χ3n) is 2.94. The molecule has 1 unspecified atom stereocenters. The van der Waals surface area contributed by atoms with Crippen LogP contribution < -0.4 is 5.73 Å². The molecule has 0 saturated heterocycles. The highest BCUT2D eigenvalue weighted by Crippen LogP contribution is 2.10. The van der Waals surface area contributed by atoms with Crippen molar-refractivity contribution in [2.24, 2.45) is 5.73 Å². The van der Waals surface area contributed by atoms with E-state index in [1.807, 2.05) is 13.1 Å². The number of nitrogens with zero attached hydrogens (tertiary/aromatic N) is 5. The van der Waals surface area contributed by atoms with Crippen molar-refractivity contribution in [2.45, 2.75) is 52.1 Å². The van der Waals surface area contributed by atoms with E-state index in [0.717, 1.165) is 37.2 Å². The molecule has 0 aliphatic carbocycles. The third-order valence-corrected chi connectivity index (χ3v) is 2.94. The summed E-state index contributed by atoms with van der Waals surface area (Å²) in [7, 11) is 0. The van der Waals surface area contributed by atoms with E-state index in [0.29, 0.717) is 12.4 Å². The molecule has 7 heteroatoms. The zero-order valence-electron chi connectivity index (χ0n) is 11.4. The SMILES string of the molecule is CCCCc1noc(Cn2cc(C(N)CC)nn2)n1. The lowest BCUT2D eigenvalue weighted by atomic mass is 10.2. The van der Waals surface area contributed by atoms with E-state index in [-0.39, 0.29) is 6.04 Å². The van der Waals surface area contributed by atoms with Gasteiger partial charge in [0.25, 0.3) is 0 Å². The Kier molecular flexibility index (Phi) is 4.62. The molecule has 0 radical (unpaired) electrons. The molecule has 0 saturated carbocycles. The predicted molar refractivity (Wildman–Crippen MR) is 69.3 cm³/mol. The zero-order chi connectivity index (χ0) is 13.7. The molecule has 2 aromatic heterocycles. The van der Waals surface area contributed by atoms with Crippen LogP contribution in [0.25, 0.3) is 0 Å². The van der Waals surface area contributed by atoms with Crippen LogP contribution in [0.2, 0.25) is 0 Å². The predicted octanol–water partition coefficient (Wildman–Crippen LogP) is 1.46. The van der Waals surface area contributed by atoms with Crippen LogP contribution in [0, 0.1) is 0 Å². The molecule has 2 N–H and O–H groups in total. The van der Waals surface area contributed by atoms with Crippen molar-refractivity contribution in [3.8, 4) is 0 Å². The lowest BCUT2D eigenvalue weighted by Crippen LogP contribution is -2.08. The second-order valence-electron chi connectivity index (χ2n) is 4.56. The van der Waals surface area contributed by atoms with Crippen LogP contribution in [0.5, 0.6) is 0 Å². The van der Waals surface area contributed by atoms with Gasteiger partial charge in [0.15, 0.2) is 5.82 Å². The molecule has 0 aliphatic rings. The summed E-state index contributed by atoms with van der Waals surface area (Å²) in [6, 6.07) is -0.0726. The third kappa shape index (κ3) is 3.60. The largest absolute Gasteiger partial charge is 0.337 e. The van der Waals surface area contributed by atoms with Crippen LogP contribution in [-0.4, -0.2) is 25.1 Å². The quantitative estimate of drug-likeness (QED) is 0.813. The Balaban J connectivity index is 1.96. The molecule has 19 heavy (non-hydrogen) atoms. The smallest absolute Gasteiger partial charge is 0.248 e. The summed E-state index contributed by atoms with van der Waals surface area (Å²) in [6.45, 7) is 4.58. The van der Waals surface area contributed by atoms with Gasteiger partial charge in [-0.05, 0) is 12.8 Å². The Morgan fingerprint density at radius 1 is 1.42 bits per heavy atom. The average Bonchev–Trinajstić information content (AvgIpc) is 3.05. The number of unbranched alkanes of at least 4 members (excludes halogenated alkanes) is 1. The lowest BCUT2D eigenvalue weighted by Gasteiger charge is -2.01. The van der Waals surface area contributed by atoms with Gasteiger partial charge < -0.3 is 10.3 Å². The van der Waals surface area contributed by atoms with Crippen LogP contribution in [0.3, 0.4) is 0 Å². The first-order valence-corrected chi connectivity index (χ1v) is 6.70. The lowest BCUT2D eigenvalue weighted by molar-refractivity contribution is 0.359. The van der Waals surface area contributed by atoms with E-state index in [9.17, 15) is 0 Å². The Morgan fingerprint density at radius 2 is 2.26 bits per heavy atom. The van der Waals surface area contributed by atoms with E-state index in [1.54, 1.807) is 4.68 Å². The Bertz CT molecular complexity index is 506. The van der Waals surface area contributed by atoms with E-state index in [1.165, 1.54) is 0 Å². The van der Waals surface area contributed by atoms with Gasteiger partial charge in [-0.3, -0.25) is 0 Å². The molecule has 0 spiro atoms. The molecule has 2 aromatic rings. The number of rotatable bonds is 7. The first-order valence-electron chi connectivity index (χ1n) is 6.70. The second kappa shape index (κ2) is 6.42. The highest BCUT2D eigenvalue weighted by atomic mass is 16.5. The van der Waals surface area contributed by atoms with Crippen molar-refractivity contribution in [1.29, 1.82) is 0 Å². The van der Waals surface area contributed by atoms with Gasteiger partial charge in [0.1, 0.15) is 6.54 Å². The molecule has 2 rings (SSSR count). The van der Waals surface area contributed by atoms with E-state index in [4.69, 9.17) is 10.3 Å². The fourth-order valence-electron chi connectivity index (χ4n) is 1.70. The number of aromatic nitrogens is 5. The minimum atomic E-state index is -0.0726. The summed E-state index contributed by atoms with van der Waals surface area (Å²) in [6.07, 6.45) is 5.69. The van der Waals surface area contributed by atoms with E-state index < -0.39 is 0 Å². The van der Waals surface area contributed by atoms with Gasteiger partial charge in [-0.15, -0.1) is 5.10 Å². The fourth-order valence-corrected chi connectivity index (χ4v) is 1.70. The van der Waals surface area contributed by atoms with Crippen molar-refractivity contribution in [3.63, 3.8) is 0 Å². The summed E-state index contributed by atoms with van der Waals surface area (Å²) in [5.41, 5.74) is 6.68. The minimum absolute atomic E-state index is 0.0726. The first kappa shape index (κ1) is 13.7. The highest BCUT2D eigenvalue weighted by Gasteiger charge is 2.11. The maximum atomic E-state index is 5.89. The van der Waals surface area contributed by atoms with Gasteiger partial charge in [-0.2, -0.15) is 4.98 Å². The van der Waals surface area contributed by atoms with E-state index in [2.05, 4.69) is 27.4 Å². The molecule has 0 amide bonds. The summed E-state index contributed by atoms with van der Waals surface area (Å²) >= 11 is 0. The monoisotopic (exact) mass is 264 g/mol. The molecule has 104 valence electrons. The first-order chi connectivity index (χ1) is 9.22. The van der Waals surface area contributed by atoms with Crippen LogP contribution >= 0.6 is 0 Å². The maximum Gasteiger partial charge on any atom is 0.248 e. The molecular weight excluding hydrogens is 244 g/mol. The van der Waals surface area contributed by atoms with Crippen LogP contribution in [0.4, 0.5) is 0 Å².